The third kappa shape index (κ3) is 3.62. The molecule has 5 rings (SSSR count). The molecule has 31 heavy (non-hydrogen) atoms. The van der Waals surface area contributed by atoms with Crippen LogP contribution < -0.4 is 9.80 Å². The molecule has 1 amide bonds. The predicted molar refractivity (Wildman–Crippen MR) is 123 cm³/mol. The standard InChI is InChI=1S/C23H15F2N3OS2/c1-27-18-4-2-3-5-19(18)30-22(27)20-21(29)28(17-12-8-15(25)9-13-17)23(31-20)26-16-10-6-14(24)7-11-16/h2-13H,1H3/b22-20-,26-23?. The van der Waals surface area contributed by atoms with Crippen LogP contribution in [0.4, 0.5) is 25.8 Å². The summed E-state index contributed by atoms with van der Waals surface area (Å²) in [4.78, 5) is 23.1. The number of carbonyl (C=O) groups is 1. The average Bonchev–Trinajstić information content (AvgIpc) is 3.27. The first kappa shape index (κ1) is 19.8. The Morgan fingerprint density at radius 1 is 0.839 bits per heavy atom. The van der Waals surface area contributed by atoms with Gasteiger partial charge in [-0.2, -0.15) is 0 Å². The van der Waals surface area contributed by atoms with Gasteiger partial charge in [0.15, 0.2) is 5.17 Å². The van der Waals surface area contributed by atoms with Gasteiger partial charge in [-0.3, -0.25) is 9.69 Å². The van der Waals surface area contributed by atoms with Crippen LogP contribution >= 0.6 is 23.5 Å². The number of para-hydroxylation sites is 1. The molecule has 154 valence electrons. The second-order valence-electron chi connectivity index (χ2n) is 6.85. The summed E-state index contributed by atoms with van der Waals surface area (Å²) in [7, 11) is 1.92. The maximum Gasteiger partial charge on any atom is 0.274 e. The summed E-state index contributed by atoms with van der Waals surface area (Å²) in [6.45, 7) is 0. The summed E-state index contributed by atoms with van der Waals surface area (Å²) in [5.41, 5.74) is 2.06. The molecule has 0 aliphatic carbocycles. The van der Waals surface area contributed by atoms with Gasteiger partial charge in [0.2, 0.25) is 0 Å². The maximum atomic E-state index is 13.5. The highest BCUT2D eigenvalue weighted by atomic mass is 32.2. The number of amidine groups is 1. The van der Waals surface area contributed by atoms with Crippen molar-refractivity contribution in [3.8, 4) is 0 Å². The van der Waals surface area contributed by atoms with Gasteiger partial charge in [0.05, 0.1) is 22.1 Å². The van der Waals surface area contributed by atoms with E-state index >= 15 is 0 Å². The molecule has 2 aliphatic rings. The van der Waals surface area contributed by atoms with E-state index in [1.165, 1.54) is 52.7 Å². The molecule has 1 fully saturated rings. The van der Waals surface area contributed by atoms with Crippen LogP contribution in [-0.2, 0) is 4.79 Å². The molecule has 0 atom stereocenters. The first-order valence-corrected chi connectivity index (χ1v) is 11.0. The van der Waals surface area contributed by atoms with E-state index in [0.717, 1.165) is 15.6 Å². The van der Waals surface area contributed by atoms with E-state index in [1.807, 2.05) is 36.2 Å². The molecule has 2 aliphatic heterocycles. The van der Waals surface area contributed by atoms with Crippen molar-refractivity contribution in [2.24, 2.45) is 4.99 Å². The van der Waals surface area contributed by atoms with Gasteiger partial charge in [-0.1, -0.05) is 23.9 Å². The fourth-order valence-electron chi connectivity index (χ4n) is 3.32. The van der Waals surface area contributed by atoms with Crippen molar-refractivity contribution in [3.05, 3.63) is 94.4 Å². The van der Waals surface area contributed by atoms with Crippen molar-refractivity contribution < 1.29 is 13.6 Å². The van der Waals surface area contributed by atoms with Gasteiger partial charge in [0.1, 0.15) is 16.5 Å². The highest BCUT2D eigenvalue weighted by Crippen LogP contribution is 2.50. The first-order valence-electron chi connectivity index (χ1n) is 9.38. The van der Waals surface area contributed by atoms with Crippen LogP contribution in [0.15, 0.2) is 92.6 Å². The zero-order valence-electron chi connectivity index (χ0n) is 16.3. The van der Waals surface area contributed by atoms with Crippen molar-refractivity contribution in [3.63, 3.8) is 0 Å². The highest BCUT2D eigenvalue weighted by molar-refractivity contribution is 8.20. The Morgan fingerprint density at radius 2 is 1.48 bits per heavy atom. The number of nitrogens with zero attached hydrogens (tertiary/aromatic N) is 3. The van der Waals surface area contributed by atoms with Crippen LogP contribution in [0.5, 0.6) is 0 Å². The maximum absolute atomic E-state index is 13.5. The van der Waals surface area contributed by atoms with E-state index in [1.54, 1.807) is 24.3 Å². The molecular formula is C23H15F2N3OS2. The zero-order chi connectivity index (χ0) is 21.5. The number of aliphatic imine (C=N–C) groups is 1. The smallest absolute Gasteiger partial charge is 0.274 e. The van der Waals surface area contributed by atoms with Crippen LogP contribution in [0.25, 0.3) is 0 Å². The van der Waals surface area contributed by atoms with E-state index in [4.69, 9.17) is 0 Å². The van der Waals surface area contributed by atoms with Gasteiger partial charge in [-0.05, 0) is 72.4 Å². The molecule has 0 aromatic heterocycles. The molecule has 0 radical (unpaired) electrons. The minimum atomic E-state index is -0.389. The van der Waals surface area contributed by atoms with Crippen molar-refractivity contribution in [1.82, 2.24) is 0 Å². The number of hydrogen-bond acceptors (Lipinski definition) is 5. The van der Waals surface area contributed by atoms with E-state index in [-0.39, 0.29) is 17.5 Å². The molecule has 4 nitrogen and oxygen atoms in total. The van der Waals surface area contributed by atoms with Crippen LogP contribution in [0.3, 0.4) is 0 Å². The Bertz CT molecular complexity index is 1240. The molecule has 0 unspecified atom stereocenters. The van der Waals surface area contributed by atoms with Crippen molar-refractivity contribution in [2.45, 2.75) is 4.90 Å². The average molecular weight is 452 g/mol. The van der Waals surface area contributed by atoms with Crippen molar-refractivity contribution in [1.29, 1.82) is 0 Å². The molecular weight excluding hydrogens is 436 g/mol. The second kappa shape index (κ2) is 7.86. The van der Waals surface area contributed by atoms with Gasteiger partial charge in [-0.25, -0.2) is 13.8 Å². The highest BCUT2D eigenvalue weighted by Gasteiger charge is 2.40. The molecule has 0 N–H and O–H groups in total. The SMILES string of the molecule is CN1/C(=C2/SC(=Nc3ccc(F)cc3)N(c3ccc(F)cc3)C2=O)Sc2ccccc21. The molecule has 0 bridgehead atoms. The normalized spacial score (nSPS) is 19.5. The van der Waals surface area contributed by atoms with Crippen LogP contribution in [0, 0.1) is 11.6 Å². The molecule has 3 aromatic carbocycles. The monoisotopic (exact) mass is 451 g/mol. The Kier molecular flexibility index (Phi) is 5.03. The van der Waals surface area contributed by atoms with E-state index in [9.17, 15) is 13.6 Å². The molecule has 0 saturated carbocycles. The van der Waals surface area contributed by atoms with Crippen molar-refractivity contribution >= 4 is 51.7 Å². The number of amides is 1. The number of benzene rings is 3. The molecule has 3 aromatic rings. The molecule has 2 heterocycles. The number of carbonyl (C=O) groups excluding carboxylic acids is 1. The van der Waals surface area contributed by atoms with E-state index in [0.29, 0.717) is 21.4 Å². The Balaban J connectivity index is 1.61. The van der Waals surface area contributed by atoms with Gasteiger partial charge in [-0.15, -0.1) is 0 Å². The van der Waals surface area contributed by atoms with Crippen molar-refractivity contribution in [2.75, 3.05) is 16.8 Å². The van der Waals surface area contributed by atoms with Gasteiger partial charge in [0, 0.05) is 11.9 Å². The number of thioether (sulfide) groups is 2. The van der Waals surface area contributed by atoms with Crippen LogP contribution in [-0.4, -0.2) is 18.1 Å². The lowest BCUT2D eigenvalue weighted by atomic mass is 10.2. The summed E-state index contributed by atoms with van der Waals surface area (Å²) in [5, 5.41) is 1.24. The summed E-state index contributed by atoms with van der Waals surface area (Å²) in [6, 6.07) is 19.4. The van der Waals surface area contributed by atoms with Crippen LogP contribution in [0.1, 0.15) is 0 Å². The number of hydrogen-bond donors (Lipinski definition) is 0. The number of fused-ring (bicyclic) bond motifs is 1. The van der Waals surface area contributed by atoms with Gasteiger partial charge >= 0.3 is 0 Å². The summed E-state index contributed by atoms with van der Waals surface area (Å²) >= 11 is 2.78. The fourth-order valence-corrected chi connectivity index (χ4v) is 5.67. The quantitative estimate of drug-likeness (QED) is 0.438. The number of anilines is 2. The Hall–Kier alpha value is -3.10. The predicted octanol–water partition coefficient (Wildman–Crippen LogP) is 6.14. The first-order chi connectivity index (χ1) is 15.0. The van der Waals surface area contributed by atoms with Crippen LogP contribution in [0.2, 0.25) is 0 Å². The van der Waals surface area contributed by atoms with E-state index < -0.39 is 0 Å². The van der Waals surface area contributed by atoms with Gasteiger partial charge in [0.25, 0.3) is 5.91 Å². The molecule has 8 heteroatoms. The minimum absolute atomic E-state index is 0.236. The number of halogens is 2. The summed E-state index contributed by atoms with van der Waals surface area (Å²) in [6.07, 6.45) is 0. The molecule has 0 spiro atoms. The Morgan fingerprint density at radius 3 is 2.16 bits per heavy atom. The third-order valence-corrected chi connectivity index (χ3v) is 7.24. The van der Waals surface area contributed by atoms with Gasteiger partial charge < -0.3 is 4.90 Å². The lowest BCUT2D eigenvalue weighted by Crippen LogP contribution is -2.29. The zero-order valence-corrected chi connectivity index (χ0v) is 17.9. The molecule has 1 saturated heterocycles. The lowest BCUT2D eigenvalue weighted by molar-refractivity contribution is -0.113. The fraction of sp³-hybridized carbons (Fsp3) is 0.0435. The Labute approximate surface area is 186 Å². The largest absolute Gasteiger partial charge is 0.337 e. The topological polar surface area (TPSA) is 35.9 Å². The second-order valence-corrected chi connectivity index (χ2v) is 8.86. The minimum Gasteiger partial charge on any atom is -0.337 e. The summed E-state index contributed by atoms with van der Waals surface area (Å²) < 4.78 is 26.8. The number of rotatable bonds is 2. The summed E-state index contributed by atoms with van der Waals surface area (Å²) in [5.74, 6) is -0.987. The third-order valence-electron chi connectivity index (χ3n) is 4.85. The lowest BCUT2D eigenvalue weighted by Gasteiger charge is -2.16. The van der Waals surface area contributed by atoms with E-state index in [2.05, 4.69) is 4.99 Å².